The molecule has 1 aliphatic rings. The van der Waals surface area contributed by atoms with Crippen molar-refractivity contribution in [1.29, 1.82) is 0 Å². The molecule has 2 aromatic carbocycles. The van der Waals surface area contributed by atoms with Gasteiger partial charge in [0.2, 0.25) is 0 Å². The van der Waals surface area contributed by atoms with Crippen LogP contribution >= 0.6 is 34.8 Å². The zero-order valence-corrected chi connectivity index (χ0v) is 18.7. The van der Waals surface area contributed by atoms with Crippen LogP contribution in [0.25, 0.3) is 0 Å². The van der Waals surface area contributed by atoms with E-state index in [0.29, 0.717) is 5.69 Å². The van der Waals surface area contributed by atoms with Crippen LogP contribution in [0, 0.1) is 0 Å². The Kier molecular flexibility index (Phi) is 7.83. The molecule has 1 amide bonds. The van der Waals surface area contributed by atoms with E-state index in [9.17, 15) is 9.59 Å². The Labute approximate surface area is 190 Å². The van der Waals surface area contributed by atoms with E-state index < -0.39 is 18.5 Å². The Morgan fingerprint density at radius 3 is 2.23 bits per heavy atom. The van der Waals surface area contributed by atoms with Crippen LogP contribution in [0.5, 0.6) is 0 Å². The smallest absolute Gasteiger partial charge is 0.341 e. The molecule has 1 N–H and O–H groups in total. The average Bonchev–Trinajstić information content (AvgIpc) is 2.76. The predicted octanol–water partition coefficient (Wildman–Crippen LogP) is 4.58. The highest BCUT2D eigenvalue weighted by atomic mass is 35.5. The van der Waals surface area contributed by atoms with Gasteiger partial charge in [0, 0.05) is 37.6 Å². The van der Waals surface area contributed by atoms with Gasteiger partial charge in [-0.15, -0.1) is 0 Å². The number of benzene rings is 2. The van der Waals surface area contributed by atoms with E-state index in [1.165, 1.54) is 12.1 Å². The number of carbonyl (C=O) groups excluding carboxylic acids is 2. The number of nitrogens with one attached hydrogen (secondary N) is 1. The zero-order chi connectivity index (χ0) is 21.7. The standard InChI is InChI=1S/C21H22Cl3N3O3/c1-2-26-9-11-27(12-10-26)15-5-3-14(4-6-15)25-18(28)13-30-21(29)19-16(22)7-8-17(23)20(19)24/h3-8H,2,9-13H2,1H3,(H,25,28). The molecule has 1 heterocycles. The molecular formula is C21H22Cl3N3O3. The van der Waals surface area contributed by atoms with Crippen molar-refractivity contribution in [2.45, 2.75) is 6.92 Å². The van der Waals surface area contributed by atoms with Gasteiger partial charge in [0.15, 0.2) is 6.61 Å². The summed E-state index contributed by atoms with van der Waals surface area (Å²) in [6, 6.07) is 10.5. The molecule has 6 nitrogen and oxygen atoms in total. The van der Waals surface area contributed by atoms with Crippen LogP contribution in [0.1, 0.15) is 17.3 Å². The van der Waals surface area contributed by atoms with Gasteiger partial charge >= 0.3 is 5.97 Å². The molecule has 2 aromatic rings. The van der Waals surface area contributed by atoms with E-state index in [0.717, 1.165) is 38.4 Å². The van der Waals surface area contributed by atoms with Gasteiger partial charge in [0.1, 0.15) is 0 Å². The summed E-state index contributed by atoms with van der Waals surface area (Å²) in [6.45, 7) is 6.80. The summed E-state index contributed by atoms with van der Waals surface area (Å²) >= 11 is 17.9. The topological polar surface area (TPSA) is 61.9 Å². The van der Waals surface area contributed by atoms with Crippen molar-refractivity contribution in [3.05, 3.63) is 57.0 Å². The lowest BCUT2D eigenvalue weighted by molar-refractivity contribution is -0.119. The third kappa shape index (κ3) is 5.58. The number of anilines is 2. The fourth-order valence-corrected chi connectivity index (χ4v) is 3.87. The lowest BCUT2D eigenvalue weighted by atomic mass is 10.2. The van der Waals surface area contributed by atoms with E-state index in [2.05, 4.69) is 22.0 Å². The SMILES string of the molecule is CCN1CCN(c2ccc(NC(=O)COC(=O)c3c(Cl)ccc(Cl)c3Cl)cc2)CC1. The fraction of sp³-hybridized carbons (Fsp3) is 0.333. The maximum absolute atomic E-state index is 12.2. The van der Waals surface area contributed by atoms with Crippen LogP contribution in [0.4, 0.5) is 11.4 Å². The molecule has 0 spiro atoms. The Balaban J connectivity index is 1.52. The van der Waals surface area contributed by atoms with Crippen molar-refractivity contribution in [3.63, 3.8) is 0 Å². The van der Waals surface area contributed by atoms with Crippen molar-refractivity contribution in [1.82, 2.24) is 4.90 Å². The average molecular weight is 471 g/mol. The van der Waals surface area contributed by atoms with Crippen LogP contribution in [0.15, 0.2) is 36.4 Å². The lowest BCUT2D eigenvalue weighted by Crippen LogP contribution is -2.46. The van der Waals surface area contributed by atoms with Crippen molar-refractivity contribution in [2.75, 3.05) is 49.5 Å². The van der Waals surface area contributed by atoms with E-state index >= 15 is 0 Å². The van der Waals surface area contributed by atoms with Gasteiger partial charge in [-0.05, 0) is 42.9 Å². The molecule has 1 saturated heterocycles. The minimum atomic E-state index is -0.816. The number of carbonyl (C=O) groups is 2. The summed E-state index contributed by atoms with van der Waals surface area (Å²) in [5.74, 6) is -1.29. The Hall–Kier alpha value is -1.99. The first-order valence-corrected chi connectivity index (χ1v) is 10.7. The van der Waals surface area contributed by atoms with Crippen LogP contribution in [-0.4, -0.2) is 56.1 Å². The molecule has 160 valence electrons. The normalized spacial score (nSPS) is 14.5. The molecule has 0 atom stereocenters. The van der Waals surface area contributed by atoms with Crippen LogP contribution in [0.3, 0.4) is 0 Å². The highest BCUT2D eigenvalue weighted by molar-refractivity contribution is 6.46. The molecule has 0 bridgehead atoms. The minimum absolute atomic E-state index is 0.00932. The number of hydrogen-bond acceptors (Lipinski definition) is 5. The second-order valence-corrected chi connectivity index (χ2v) is 8.00. The predicted molar refractivity (Wildman–Crippen MR) is 121 cm³/mol. The van der Waals surface area contributed by atoms with E-state index in [1.807, 2.05) is 24.3 Å². The van der Waals surface area contributed by atoms with Gasteiger partial charge in [-0.1, -0.05) is 41.7 Å². The van der Waals surface area contributed by atoms with Crippen molar-refractivity contribution >= 4 is 58.1 Å². The number of amides is 1. The summed E-state index contributed by atoms with van der Waals surface area (Å²) in [6.07, 6.45) is 0. The number of ether oxygens (including phenoxy) is 1. The number of esters is 1. The molecule has 3 rings (SSSR count). The molecule has 0 saturated carbocycles. The summed E-state index contributed by atoms with van der Waals surface area (Å²) < 4.78 is 5.03. The molecule has 0 unspecified atom stereocenters. The van der Waals surface area contributed by atoms with E-state index in [4.69, 9.17) is 39.5 Å². The van der Waals surface area contributed by atoms with Gasteiger partial charge in [0.25, 0.3) is 5.91 Å². The summed E-state index contributed by atoms with van der Waals surface area (Å²) in [7, 11) is 0. The van der Waals surface area contributed by atoms with Crippen LogP contribution < -0.4 is 10.2 Å². The maximum atomic E-state index is 12.2. The minimum Gasteiger partial charge on any atom is -0.452 e. The van der Waals surface area contributed by atoms with Gasteiger partial charge in [-0.25, -0.2) is 4.79 Å². The number of halogens is 3. The van der Waals surface area contributed by atoms with Gasteiger partial charge < -0.3 is 19.9 Å². The Morgan fingerprint density at radius 1 is 0.967 bits per heavy atom. The molecule has 1 fully saturated rings. The largest absolute Gasteiger partial charge is 0.452 e. The monoisotopic (exact) mass is 469 g/mol. The highest BCUT2D eigenvalue weighted by Gasteiger charge is 2.20. The number of nitrogens with zero attached hydrogens (tertiary/aromatic N) is 2. The molecule has 0 aliphatic carbocycles. The molecule has 9 heteroatoms. The first-order valence-electron chi connectivity index (χ1n) is 9.57. The van der Waals surface area contributed by atoms with Crippen molar-refractivity contribution in [2.24, 2.45) is 0 Å². The second kappa shape index (κ2) is 10.4. The lowest BCUT2D eigenvalue weighted by Gasteiger charge is -2.35. The highest BCUT2D eigenvalue weighted by Crippen LogP contribution is 2.31. The molecule has 0 radical (unpaired) electrons. The molecule has 30 heavy (non-hydrogen) atoms. The third-order valence-corrected chi connectivity index (χ3v) is 6.04. The number of likely N-dealkylation sites (N-methyl/N-ethyl adjacent to an activating group) is 1. The van der Waals surface area contributed by atoms with Gasteiger partial charge in [-0.3, -0.25) is 4.79 Å². The molecular weight excluding hydrogens is 449 g/mol. The number of piperazine rings is 1. The van der Waals surface area contributed by atoms with Crippen LogP contribution in [0.2, 0.25) is 15.1 Å². The first kappa shape index (κ1) is 22.7. The summed E-state index contributed by atoms with van der Waals surface area (Å²) in [4.78, 5) is 29.1. The van der Waals surface area contributed by atoms with Crippen molar-refractivity contribution in [3.8, 4) is 0 Å². The van der Waals surface area contributed by atoms with Crippen LogP contribution in [-0.2, 0) is 9.53 Å². The van der Waals surface area contributed by atoms with E-state index in [-0.39, 0.29) is 20.6 Å². The fourth-order valence-electron chi connectivity index (χ4n) is 3.19. The quantitative estimate of drug-likeness (QED) is 0.494. The zero-order valence-electron chi connectivity index (χ0n) is 16.5. The van der Waals surface area contributed by atoms with Gasteiger partial charge in [0.05, 0.1) is 20.6 Å². The third-order valence-electron chi connectivity index (χ3n) is 4.92. The second-order valence-electron chi connectivity index (χ2n) is 6.81. The van der Waals surface area contributed by atoms with E-state index in [1.54, 1.807) is 0 Å². The Bertz CT molecular complexity index is 914. The Morgan fingerprint density at radius 2 is 1.60 bits per heavy atom. The summed E-state index contributed by atoms with van der Waals surface area (Å²) in [5, 5.41) is 2.97. The van der Waals surface area contributed by atoms with Crippen molar-refractivity contribution < 1.29 is 14.3 Å². The number of hydrogen-bond donors (Lipinski definition) is 1. The summed E-state index contributed by atoms with van der Waals surface area (Å²) in [5.41, 5.74) is 1.66. The van der Waals surface area contributed by atoms with Gasteiger partial charge in [-0.2, -0.15) is 0 Å². The molecule has 1 aliphatic heterocycles. The molecule has 0 aromatic heterocycles. The number of rotatable bonds is 6. The first-order chi connectivity index (χ1) is 14.4. The maximum Gasteiger partial charge on any atom is 0.341 e.